The molecule has 0 saturated carbocycles. The van der Waals surface area contributed by atoms with Gasteiger partial charge in [0.2, 0.25) is 11.8 Å². The minimum Gasteiger partial charge on any atom is -0.495 e. The number of amides is 2. The summed E-state index contributed by atoms with van der Waals surface area (Å²) in [5.41, 5.74) is 1.92. The number of benzene rings is 2. The van der Waals surface area contributed by atoms with Crippen LogP contribution in [0.1, 0.15) is 6.92 Å². The maximum Gasteiger partial charge on any atom is 0.234 e. The first-order chi connectivity index (χ1) is 14.0. The molecule has 0 radical (unpaired) electrons. The quantitative estimate of drug-likeness (QED) is 0.554. The van der Waals surface area contributed by atoms with Crippen LogP contribution in [0.15, 0.2) is 53.9 Å². The van der Waals surface area contributed by atoms with Crippen molar-refractivity contribution in [1.29, 1.82) is 0 Å². The monoisotopic (exact) mass is 431 g/mol. The van der Waals surface area contributed by atoms with Crippen LogP contribution in [0.5, 0.6) is 5.75 Å². The number of thioether (sulfide) groups is 1. The molecule has 150 valence electrons. The molecule has 8 nitrogen and oxygen atoms in total. The normalized spacial score (nSPS) is 10.4. The van der Waals surface area contributed by atoms with Crippen LogP contribution in [0.4, 0.5) is 11.4 Å². The lowest BCUT2D eigenvalue weighted by Gasteiger charge is -2.11. The molecular weight excluding hydrogens is 414 g/mol. The molecular formula is C19H18ClN5O3S. The van der Waals surface area contributed by atoms with E-state index in [0.717, 1.165) is 5.69 Å². The van der Waals surface area contributed by atoms with E-state index >= 15 is 0 Å². The van der Waals surface area contributed by atoms with E-state index in [-0.39, 0.29) is 17.6 Å². The third kappa shape index (κ3) is 5.49. The van der Waals surface area contributed by atoms with Crippen LogP contribution in [-0.4, -0.2) is 39.4 Å². The van der Waals surface area contributed by atoms with E-state index in [9.17, 15) is 9.59 Å². The van der Waals surface area contributed by atoms with Gasteiger partial charge in [0.1, 0.15) is 12.1 Å². The Morgan fingerprint density at radius 2 is 2.03 bits per heavy atom. The highest BCUT2D eigenvalue weighted by molar-refractivity contribution is 7.99. The van der Waals surface area contributed by atoms with Gasteiger partial charge in [-0.3, -0.25) is 14.2 Å². The third-order valence-electron chi connectivity index (χ3n) is 3.73. The first-order valence-corrected chi connectivity index (χ1v) is 9.87. The molecule has 0 aliphatic rings. The average molecular weight is 432 g/mol. The molecule has 2 amide bonds. The Kier molecular flexibility index (Phi) is 6.73. The zero-order valence-corrected chi connectivity index (χ0v) is 17.3. The van der Waals surface area contributed by atoms with Gasteiger partial charge >= 0.3 is 0 Å². The Bertz CT molecular complexity index is 1040. The summed E-state index contributed by atoms with van der Waals surface area (Å²) in [5, 5.41) is 14.5. The standard InChI is InChI=1S/C19H18ClN5O3S/c1-12(26)22-14-4-3-5-15(9-14)25-11-21-24-19(25)29-10-18(27)23-16-8-13(20)6-7-17(16)28-2/h3-9,11H,10H2,1-2H3,(H,22,26)(H,23,27). The summed E-state index contributed by atoms with van der Waals surface area (Å²) in [6.07, 6.45) is 1.55. The predicted octanol–water partition coefficient (Wildman–Crippen LogP) is 3.62. The smallest absolute Gasteiger partial charge is 0.234 e. The first kappa shape index (κ1) is 20.7. The van der Waals surface area contributed by atoms with Crippen molar-refractivity contribution in [1.82, 2.24) is 14.8 Å². The van der Waals surface area contributed by atoms with Gasteiger partial charge in [0.25, 0.3) is 0 Å². The molecule has 29 heavy (non-hydrogen) atoms. The summed E-state index contributed by atoms with van der Waals surface area (Å²) < 4.78 is 6.97. The number of aromatic nitrogens is 3. The minimum atomic E-state index is -0.239. The highest BCUT2D eigenvalue weighted by Gasteiger charge is 2.13. The van der Waals surface area contributed by atoms with Crippen LogP contribution in [0.3, 0.4) is 0 Å². The summed E-state index contributed by atoms with van der Waals surface area (Å²) in [6, 6.07) is 12.2. The zero-order chi connectivity index (χ0) is 20.8. The van der Waals surface area contributed by atoms with Gasteiger partial charge in [0, 0.05) is 17.6 Å². The van der Waals surface area contributed by atoms with E-state index in [4.69, 9.17) is 16.3 Å². The van der Waals surface area contributed by atoms with Gasteiger partial charge in [-0.15, -0.1) is 10.2 Å². The van der Waals surface area contributed by atoms with Crippen molar-refractivity contribution in [2.45, 2.75) is 12.1 Å². The molecule has 0 unspecified atom stereocenters. The SMILES string of the molecule is COc1ccc(Cl)cc1NC(=O)CSc1nncn1-c1cccc(NC(C)=O)c1. The lowest BCUT2D eigenvalue weighted by molar-refractivity contribution is -0.114. The van der Waals surface area contributed by atoms with E-state index in [2.05, 4.69) is 20.8 Å². The van der Waals surface area contributed by atoms with Crippen molar-refractivity contribution >= 4 is 46.6 Å². The van der Waals surface area contributed by atoms with Crippen molar-refractivity contribution in [2.24, 2.45) is 0 Å². The summed E-state index contributed by atoms with van der Waals surface area (Å²) >= 11 is 7.22. The Labute approximate surface area is 176 Å². The number of hydrogen-bond donors (Lipinski definition) is 2. The summed E-state index contributed by atoms with van der Waals surface area (Å²) in [6.45, 7) is 1.44. The van der Waals surface area contributed by atoms with Crippen LogP contribution in [0.25, 0.3) is 5.69 Å². The van der Waals surface area contributed by atoms with Crippen LogP contribution in [0.2, 0.25) is 5.02 Å². The van der Waals surface area contributed by atoms with Crippen LogP contribution < -0.4 is 15.4 Å². The molecule has 2 aromatic carbocycles. The molecule has 0 spiro atoms. The first-order valence-electron chi connectivity index (χ1n) is 8.50. The Morgan fingerprint density at radius 3 is 2.79 bits per heavy atom. The average Bonchev–Trinajstić information content (AvgIpc) is 3.15. The van der Waals surface area contributed by atoms with Crippen molar-refractivity contribution in [3.8, 4) is 11.4 Å². The highest BCUT2D eigenvalue weighted by Crippen LogP contribution is 2.28. The highest BCUT2D eigenvalue weighted by atomic mass is 35.5. The fraction of sp³-hybridized carbons (Fsp3) is 0.158. The van der Waals surface area contributed by atoms with Crippen LogP contribution >= 0.6 is 23.4 Å². The number of nitrogens with zero attached hydrogens (tertiary/aromatic N) is 3. The number of carbonyl (C=O) groups excluding carboxylic acids is 2. The fourth-order valence-electron chi connectivity index (χ4n) is 2.53. The van der Waals surface area contributed by atoms with E-state index in [1.54, 1.807) is 41.2 Å². The summed E-state index contributed by atoms with van der Waals surface area (Å²) in [4.78, 5) is 23.6. The van der Waals surface area contributed by atoms with Gasteiger partial charge in [0.05, 0.1) is 24.2 Å². The molecule has 3 rings (SSSR count). The number of methoxy groups -OCH3 is 1. The van der Waals surface area contributed by atoms with Crippen LogP contribution in [-0.2, 0) is 9.59 Å². The minimum absolute atomic E-state index is 0.111. The third-order valence-corrected chi connectivity index (χ3v) is 4.91. The van der Waals surface area contributed by atoms with Gasteiger partial charge in [0.15, 0.2) is 5.16 Å². The molecule has 1 aromatic heterocycles. The summed E-state index contributed by atoms with van der Waals surface area (Å²) in [5.74, 6) is 0.233. The molecule has 0 bridgehead atoms. The van der Waals surface area contributed by atoms with Gasteiger partial charge in [-0.2, -0.15) is 0 Å². The van der Waals surface area contributed by atoms with Crippen molar-refractivity contribution in [3.05, 3.63) is 53.8 Å². The zero-order valence-electron chi connectivity index (χ0n) is 15.7. The van der Waals surface area contributed by atoms with Crippen molar-refractivity contribution < 1.29 is 14.3 Å². The predicted molar refractivity (Wildman–Crippen MR) is 113 cm³/mol. The molecule has 1 heterocycles. The topological polar surface area (TPSA) is 98.1 Å². The number of anilines is 2. The molecule has 0 aliphatic carbocycles. The molecule has 2 N–H and O–H groups in total. The van der Waals surface area contributed by atoms with Crippen LogP contribution in [0, 0.1) is 0 Å². The Balaban J connectivity index is 1.69. The van der Waals surface area contributed by atoms with Gasteiger partial charge in [-0.25, -0.2) is 0 Å². The Hall–Kier alpha value is -3.04. The second-order valence-electron chi connectivity index (χ2n) is 5.90. The number of nitrogens with one attached hydrogen (secondary N) is 2. The fourth-order valence-corrected chi connectivity index (χ4v) is 3.43. The number of carbonyl (C=O) groups is 2. The number of hydrogen-bond acceptors (Lipinski definition) is 6. The molecule has 10 heteroatoms. The summed E-state index contributed by atoms with van der Waals surface area (Å²) in [7, 11) is 1.52. The van der Waals surface area contributed by atoms with Gasteiger partial charge < -0.3 is 15.4 Å². The second-order valence-corrected chi connectivity index (χ2v) is 7.28. The maximum atomic E-state index is 12.4. The maximum absolute atomic E-state index is 12.4. The van der Waals surface area contributed by atoms with Gasteiger partial charge in [-0.05, 0) is 36.4 Å². The van der Waals surface area contributed by atoms with Crippen molar-refractivity contribution in [3.63, 3.8) is 0 Å². The van der Waals surface area contributed by atoms with E-state index in [1.807, 2.05) is 12.1 Å². The number of ether oxygens (including phenoxy) is 1. The molecule has 3 aromatic rings. The molecule has 0 atom stereocenters. The number of halogens is 1. The second kappa shape index (κ2) is 9.44. The van der Waals surface area contributed by atoms with E-state index in [0.29, 0.717) is 27.3 Å². The number of rotatable bonds is 7. The molecule has 0 fully saturated rings. The van der Waals surface area contributed by atoms with E-state index in [1.165, 1.54) is 25.8 Å². The largest absolute Gasteiger partial charge is 0.495 e. The molecule has 0 aliphatic heterocycles. The lowest BCUT2D eigenvalue weighted by atomic mass is 10.2. The Morgan fingerprint density at radius 1 is 1.21 bits per heavy atom. The lowest BCUT2D eigenvalue weighted by Crippen LogP contribution is -2.15. The van der Waals surface area contributed by atoms with E-state index < -0.39 is 0 Å². The van der Waals surface area contributed by atoms with Gasteiger partial charge in [-0.1, -0.05) is 29.4 Å². The molecule has 0 saturated heterocycles. The van der Waals surface area contributed by atoms with Crippen molar-refractivity contribution in [2.75, 3.05) is 23.5 Å².